The van der Waals surface area contributed by atoms with Crippen LogP contribution in [0.15, 0.2) is 107 Å². The van der Waals surface area contributed by atoms with Crippen molar-refractivity contribution in [2.45, 2.75) is 44.0 Å². The van der Waals surface area contributed by atoms with E-state index in [4.69, 9.17) is 9.72 Å². The van der Waals surface area contributed by atoms with Crippen molar-refractivity contribution in [1.29, 1.82) is 0 Å². The van der Waals surface area contributed by atoms with E-state index in [2.05, 4.69) is 20.8 Å². The van der Waals surface area contributed by atoms with Crippen LogP contribution < -0.4 is 10.3 Å². The molecule has 0 saturated carbocycles. The number of hydrogen-bond donors (Lipinski definition) is 0. The highest BCUT2D eigenvalue weighted by molar-refractivity contribution is 7.89. The highest BCUT2D eigenvalue weighted by Crippen LogP contribution is 2.30. The molecule has 1 unspecified atom stereocenters. The molecule has 4 aromatic carbocycles. The van der Waals surface area contributed by atoms with Gasteiger partial charge in [0, 0.05) is 7.05 Å². The zero-order chi connectivity index (χ0) is 30.2. The molecule has 42 heavy (non-hydrogen) atoms. The van der Waals surface area contributed by atoms with Crippen LogP contribution in [0.2, 0.25) is 0 Å². The molecule has 5 rings (SSSR count). The summed E-state index contributed by atoms with van der Waals surface area (Å²) >= 11 is 0. The summed E-state index contributed by atoms with van der Waals surface area (Å²) in [7, 11) is -0.747. The third-order valence-corrected chi connectivity index (χ3v) is 9.59. The lowest BCUT2D eigenvalue weighted by atomic mass is 9.87. The van der Waals surface area contributed by atoms with Gasteiger partial charge in [-0.1, -0.05) is 69.3 Å². The molecule has 0 saturated heterocycles. The lowest BCUT2D eigenvalue weighted by Crippen LogP contribution is -2.35. The van der Waals surface area contributed by atoms with Gasteiger partial charge in [0.1, 0.15) is 11.6 Å². The molecule has 0 aliphatic rings. The number of sulfonamides is 1. The first-order valence-electron chi connectivity index (χ1n) is 13.8. The molecule has 1 atom stereocenters. The second-order valence-corrected chi connectivity index (χ2v) is 13.4. The van der Waals surface area contributed by atoms with E-state index in [1.807, 2.05) is 66.7 Å². The van der Waals surface area contributed by atoms with Gasteiger partial charge in [-0.05, 0) is 77.6 Å². The molecule has 0 bridgehead atoms. The minimum Gasteiger partial charge on any atom is -0.497 e. The summed E-state index contributed by atoms with van der Waals surface area (Å²) in [5.74, 6) is 1.07. The largest absolute Gasteiger partial charge is 0.497 e. The van der Waals surface area contributed by atoms with Gasteiger partial charge in [-0.3, -0.25) is 9.36 Å². The van der Waals surface area contributed by atoms with Crippen molar-refractivity contribution in [3.8, 4) is 22.6 Å². The average Bonchev–Trinajstić information content (AvgIpc) is 3.00. The molecule has 0 amide bonds. The van der Waals surface area contributed by atoms with Crippen LogP contribution >= 0.6 is 0 Å². The minimum absolute atomic E-state index is 0.102. The Morgan fingerprint density at radius 1 is 0.857 bits per heavy atom. The Kier molecular flexibility index (Phi) is 7.79. The number of ether oxygens (including phenoxy) is 1. The van der Waals surface area contributed by atoms with E-state index in [0.717, 1.165) is 22.4 Å². The molecule has 7 nitrogen and oxygen atoms in total. The van der Waals surface area contributed by atoms with E-state index in [0.29, 0.717) is 22.4 Å². The van der Waals surface area contributed by atoms with Gasteiger partial charge in [-0.2, -0.15) is 4.31 Å². The fourth-order valence-corrected chi connectivity index (χ4v) is 6.27. The minimum atomic E-state index is -3.90. The molecule has 5 aromatic rings. The summed E-state index contributed by atoms with van der Waals surface area (Å²) in [5.41, 5.74) is 3.70. The molecular formula is C34H35N3O4S. The van der Waals surface area contributed by atoms with Gasteiger partial charge in [0.15, 0.2) is 0 Å². The van der Waals surface area contributed by atoms with E-state index in [1.165, 1.54) is 15.9 Å². The second kappa shape index (κ2) is 11.2. The number of rotatable bonds is 7. The van der Waals surface area contributed by atoms with Gasteiger partial charge in [0.25, 0.3) is 5.56 Å². The van der Waals surface area contributed by atoms with E-state index < -0.39 is 16.1 Å². The van der Waals surface area contributed by atoms with Gasteiger partial charge in [0.2, 0.25) is 10.0 Å². The number of aromatic nitrogens is 2. The standard InChI is InChI=1S/C34H35N3O4S/c1-23(36(5)42(39,40)29-20-16-26(17-21-29)34(2,3)4)32-35-31-13-8-7-12-30(31)33(38)37(32)27-18-14-24(15-19-27)25-10-9-11-28(22-25)41-6/h7-23H,1-6H3. The van der Waals surface area contributed by atoms with Gasteiger partial charge in [-0.15, -0.1) is 0 Å². The maximum absolute atomic E-state index is 13.9. The van der Waals surface area contributed by atoms with Gasteiger partial charge in [-0.25, -0.2) is 13.4 Å². The number of fused-ring (bicyclic) bond motifs is 1. The fourth-order valence-electron chi connectivity index (χ4n) is 4.95. The highest BCUT2D eigenvalue weighted by atomic mass is 32.2. The topological polar surface area (TPSA) is 81.5 Å². The third kappa shape index (κ3) is 5.47. The molecule has 1 aromatic heterocycles. The van der Waals surface area contributed by atoms with Crippen molar-refractivity contribution in [2.24, 2.45) is 0 Å². The van der Waals surface area contributed by atoms with Crippen molar-refractivity contribution in [2.75, 3.05) is 14.2 Å². The molecular weight excluding hydrogens is 546 g/mol. The molecule has 0 fully saturated rings. The Hall–Kier alpha value is -4.27. The van der Waals surface area contributed by atoms with E-state index in [9.17, 15) is 13.2 Å². The van der Waals surface area contributed by atoms with Crippen LogP contribution in [0, 0.1) is 0 Å². The SMILES string of the molecule is COc1cccc(-c2ccc(-n3c(C(C)N(C)S(=O)(=O)c4ccc(C(C)(C)C)cc4)nc4ccccc4c3=O)cc2)c1. The number of nitrogens with zero attached hydrogens (tertiary/aromatic N) is 3. The van der Waals surface area contributed by atoms with Crippen LogP contribution in [0.3, 0.4) is 0 Å². The van der Waals surface area contributed by atoms with Crippen LogP contribution in [0.4, 0.5) is 0 Å². The smallest absolute Gasteiger partial charge is 0.266 e. The number of hydrogen-bond acceptors (Lipinski definition) is 5. The molecule has 1 heterocycles. The molecule has 0 radical (unpaired) electrons. The second-order valence-electron chi connectivity index (χ2n) is 11.4. The average molecular weight is 582 g/mol. The Morgan fingerprint density at radius 2 is 1.52 bits per heavy atom. The van der Waals surface area contributed by atoms with Gasteiger partial charge >= 0.3 is 0 Å². The Labute approximate surface area is 247 Å². The monoisotopic (exact) mass is 581 g/mol. The molecule has 0 spiro atoms. The lowest BCUT2D eigenvalue weighted by Gasteiger charge is -2.27. The first-order chi connectivity index (χ1) is 19.9. The maximum Gasteiger partial charge on any atom is 0.266 e. The molecule has 0 aliphatic heterocycles. The van der Waals surface area contributed by atoms with E-state index >= 15 is 0 Å². The Bertz CT molecular complexity index is 1910. The highest BCUT2D eigenvalue weighted by Gasteiger charge is 2.30. The normalized spacial score (nSPS) is 12.9. The molecule has 0 aliphatic carbocycles. The van der Waals surface area contributed by atoms with Crippen molar-refractivity contribution >= 4 is 20.9 Å². The summed E-state index contributed by atoms with van der Waals surface area (Å²) in [6.45, 7) is 7.99. The zero-order valence-electron chi connectivity index (χ0n) is 24.7. The maximum atomic E-state index is 13.9. The predicted molar refractivity (Wildman–Crippen MR) is 168 cm³/mol. The van der Waals surface area contributed by atoms with Crippen LogP contribution in [-0.2, 0) is 15.4 Å². The summed E-state index contributed by atoms with van der Waals surface area (Å²) in [5, 5.41) is 0.452. The first-order valence-corrected chi connectivity index (χ1v) is 15.2. The Morgan fingerprint density at radius 3 is 2.17 bits per heavy atom. The van der Waals surface area contributed by atoms with Crippen molar-refractivity contribution in [3.05, 3.63) is 119 Å². The number of para-hydroxylation sites is 1. The van der Waals surface area contributed by atoms with E-state index in [-0.39, 0.29) is 15.9 Å². The number of benzene rings is 4. The first kappa shape index (κ1) is 29.2. The molecule has 0 N–H and O–H groups in total. The summed E-state index contributed by atoms with van der Waals surface area (Å²) in [6.07, 6.45) is 0. The van der Waals surface area contributed by atoms with Crippen molar-refractivity contribution in [1.82, 2.24) is 13.9 Å². The fraction of sp³-hybridized carbons (Fsp3) is 0.235. The quantitative estimate of drug-likeness (QED) is 0.213. The van der Waals surface area contributed by atoms with Crippen LogP contribution in [0.1, 0.15) is 45.1 Å². The van der Waals surface area contributed by atoms with Crippen molar-refractivity contribution < 1.29 is 13.2 Å². The van der Waals surface area contributed by atoms with Crippen LogP contribution in [-0.4, -0.2) is 36.4 Å². The van der Waals surface area contributed by atoms with E-state index in [1.54, 1.807) is 44.4 Å². The zero-order valence-corrected chi connectivity index (χ0v) is 25.5. The van der Waals surface area contributed by atoms with Crippen molar-refractivity contribution in [3.63, 3.8) is 0 Å². The summed E-state index contributed by atoms with van der Waals surface area (Å²) in [4.78, 5) is 18.9. The summed E-state index contributed by atoms with van der Waals surface area (Å²) < 4.78 is 35.7. The van der Waals surface area contributed by atoms with Crippen LogP contribution in [0.25, 0.3) is 27.7 Å². The van der Waals surface area contributed by atoms with Gasteiger partial charge in [0.05, 0.1) is 34.6 Å². The third-order valence-electron chi connectivity index (χ3n) is 7.65. The lowest BCUT2D eigenvalue weighted by molar-refractivity contribution is 0.379. The number of methoxy groups -OCH3 is 1. The Balaban J connectivity index is 1.59. The van der Waals surface area contributed by atoms with Crippen LogP contribution in [0.5, 0.6) is 5.75 Å². The summed E-state index contributed by atoms with van der Waals surface area (Å²) in [6, 6.07) is 28.6. The molecule has 216 valence electrons. The van der Waals surface area contributed by atoms with Gasteiger partial charge < -0.3 is 4.74 Å². The predicted octanol–water partition coefficient (Wildman–Crippen LogP) is 6.74. The molecule has 8 heteroatoms.